The Kier molecular flexibility index (Phi) is 4.16. The maximum atomic E-state index is 12.0. The summed E-state index contributed by atoms with van der Waals surface area (Å²) < 4.78 is 0. The molecule has 0 spiro atoms. The Morgan fingerprint density at radius 1 is 1.37 bits per heavy atom. The monoisotopic (exact) mass is 275 g/mol. The van der Waals surface area contributed by atoms with Crippen molar-refractivity contribution < 1.29 is 4.79 Å². The third-order valence-corrected chi connectivity index (χ3v) is 3.51. The maximum absolute atomic E-state index is 12.0. The standard InChI is InChI=1S/C14H17N3OS/c1-9-4-5-10(2)12(8-9)16-11(3)13(18)17-14-15-6-7-19-14/h4-8,11,16H,1-3H3,(H,15,17,18)/t11-/m1/s1. The van der Waals surface area contributed by atoms with Gasteiger partial charge in [-0.15, -0.1) is 11.3 Å². The van der Waals surface area contributed by atoms with Crippen LogP contribution in [0.2, 0.25) is 0 Å². The Bertz CT molecular complexity index is 566. The lowest BCUT2D eigenvalue weighted by Gasteiger charge is -2.16. The van der Waals surface area contributed by atoms with Crippen LogP contribution < -0.4 is 10.6 Å². The molecule has 2 rings (SSSR count). The molecule has 1 aromatic carbocycles. The van der Waals surface area contributed by atoms with E-state index in [1.165, 1.54) is 16.9 Å². The van der Waals surface area contributed by atoms with Gasteiger partial charge in [-0.05, 0) is 38.0 Å². The first-order valence-electron chi connectivity index (χ1n) is 6.10. The van der Waals surface area contributed by atoms with Crippen molar-refractivity contribution in [1.82, 2.24) is 4.98 Å². The van der Waals surface area contributed by atoms with Crippen LogP contribution in [0.3, 0.4) is 0 Å². The molecule has 100 valence electrons. The quantitative estimate of drug-likeness (QED) is 0.901. The number of hydrogen-bond donors (Lipinski definition) is 2. The number of aryl methyl sites for hydroxylation is 2. The summed E-state index contributed by atoms with van der Waals surface area (Å²) >= 11 is 1.41. The first-order valence-corrected chi connectivity index (χ1v) is 6.98. The average Bonchev–Trinajstić information content (AvgIpc) is 2.86. The summed E-state index contributed by atoms with van der Waals surface area (Å²) in [4.78, 5) is 16.0. The van der Waals surface area contributed by atoms with E-state index in [9.17, 15) is 4.79 Å². The van der Waals surface area contributed by atoms with Gasteiger partial charge in [-0.1, -0.05) is 12.1 Å². The molecule has 0 aliphatic carbocycles. The van der Waals surface area contributed by atoms with Crippen molar-refractivity contribution in [2.75, 3.05) is 10.6 Å². The van der Waals surface area contributed by atoms with Crippen LogP contribution in [0.25, 0.3) is 0 Å². The highest BCUT2D eigenvalue weighted by Gasteiger charge is 2.14. The zero-order valence-electron chi connectivity index (χ0n) is 11.2. The van der Waals surface area contributed by atoms with Gasteiger partial charge >= 0.3 is 0 Å². The fourth-order valence-electron chi connectivity index (χ4n) is 1.69. The lowest BCUT2D eigenvalue weighted by atomic mass is 10.1. The molecule has 0 bridgehead atoms. The molecule has 0 aliphatic heterocycles. The molecule has 2 aromatic rings. The van der Waals surface area contributed by atoms with Crippen molar-refractivity contribution in [3.63, 3.8) is 0 Å². The predicted octanol–water partition coefficient (Wildman–Crippen LogP) is 3.20. The summed E-state index contributed by atoms with van der Waals surface area (Å²) in [6.45, 7) is 5.89. The molecule has 1 atom stereocenters. The number of benzene rings is 1. The largest absolute Gasteiger partial charge is 0.374 e. The fourth-order valence-corrected chi connectivity index (χ4v) is 2.22. The highest BCUT2D eigenvalue weighted by Crippen LogP contribution is 2.18. The van der Waals surface area contributed by atoms with E-state index < -0.39 is 0 Å². The number of aromatic nitrogens is 1. The normalized spacial score (nSPS) is 11.9. The van der Waals surface area contributed by atoms with E-state index in [0.717, 1.165) is 11.3 Å². The lowest BCUT2D eigenvalue weighted by Crippen LogP contribution is -2.32. The number of nitrogens with zero attached hydrogens (tertiary/aromatic N) is 1. The number of amides is 1. The van der Waals surface area contributed by atoms with Crippen LogP contribution in [-0.2, 0) is 4.79 Å². The number of nitrogens with one attached hydrogen (secondary N) is 2. The smallest absolute Gasteiger partial charge is 0.248 e. The van der Waals surface area contributed by atoms with Crippen molar-refractivity contribution >= 4 is 28.1 Å². The molecular weight excluding hydrogens is 258 g/mol. The molecule has 0 unspecified atom stereocenters. The van der Waals surface area contributed by atoms with E-state index in [0.29, 0.717) is 5.13 Å². The van der Waals surface area contributed by atoms with Gasteiger partial charge in [0.15, 0.2) is 5.13 Å². The number of anilines is 2. The highest BCUT2D eigenvalue weighted by molar-refractivity contribution is 7.13. The van der Waals surface area contributed by atoms with Crippen LogP contribution in [0, 0.1) is 13.8 Å². The van der Waals surface area contributed by atoms with Crippen molar-refractivity contribution in [1.29, 1.82) is 0 Å². The molecule has 0 saturated carbocycles. The van der Waals surface area contributed by atoms with Gasteiger partial charge in [0.25, 0.3) is 0 Å². The van der Waals surface area contributed by atoms with E-state index in [-0.39, 0.29) is 11.9 Å². The van der Waals surface area contributed by atoms with Gasteiger partial charge in [0.05, 0.1) is 0 Å². The van der Waals surface area contributed by atoms with E-state index in [4.69, 9.17) is 0 Å². The summed E-state index contributed by atoms with van der Waals surface area (Å²) in [5.74, 6) is -0.0872. The second kappa shape index (κ2) is 5.84. The highest BCUT2D eigenvalue weighted by atomic mass is 32.1. The number of thiazole rings is 1. The fraction of sp³-hybridized carbons (Fsp3) is 0.286. The minimum atomic E-state index is -0.315. The molecule has 19 heavy (non-hydrogen) atoms. The second-order valence-electron chi connectivity index (χ2n) is 4.51. The van der Waals surface area contributed by atoms with Crippen LogP contribution in [0.1, 0.15) is 18.1 Å². The van der Waals surface area contributed by atoms with E-state index >= 15 is 0 Å². The zero-order chi connectivity index (χ0) is 13.8. The molecule has 1 heterocycles. The number of carbonyl (C=O) groups excluding carboxylic acids is 1. The summed E-state index contributed by atoms with van der Waals surface area (Å²) in [5, 5.41) is 8.47. The van der Waals surface area contributed by atoms with Crippen LogP contribution in [0.5, 0.6) is 0 Å². The van der Waals surface area contributed by atoms with Crippen molar-refractivity contribution in [3.8, 4) is 0 Å². The molecule has 5 heteroatoms. The first-order chi connectivity index (χ1) is 9.06. The average molecular weight is 275 g/mol. The van der Waals surface area contributed by atoms with Crippen LogP contribution in [0.4, 0.5) is 10.8 Å². The third kappa shape index (κ3) is 3.54. The van der Waals surface area contributed by atoms with E-state index in [2.05, 4.69) is 21.7 Å². The number of rotatable bonds is 4. The van der Waals surface area contributed by atoms with Gasteiger partial charge in [-0.3, -0.25) is 4.79 Å². The molecule has 0 saturated heterocycles. The first kappa shape index (κ1) is 13.5. The van der Waals surface area contributed by atoms with Crippen LogP contribution >= 0.6 is 11.3 Å². The summed E-state index contributed by atoms with van der Waals surface area (Å²) in [6.07, 6.45) is 1.67. The Morgan fingerprint density at radius 3 is 2.84 bits per heavy atom. The summed E-state index contributed by atoms with van der Waals surface area (Å²) in [6, 6.07) is 5.83. The van der Waals surface area contributed by atoms with Gasteiger partial charge in [-0.2, -0.15) is 0 Å². The topological polar surface area (TPSA) is 54.0 Å². The summed E-state index contributed by atoms with van der Waals surface area (Å²) in [5.41, 5.74) is 3.28. The Labute approximate surface area is 116 Å². The van der Waals surface area contributed by atoms with Gasteiger partial charge in [0.1, 0.15) is 6.04 Å². The van der Waals surface area contributed by atoms with E-state index in [1.807, 2.05) is 38.3 Å². The Balaban J connectivity index is 2.02. The molecule has 1 amide bonds. The molecule has 0 radical (unpaired) electrons. The van der Waals surface area contributed by atoms with Gasteiger partial charge in [0.2, 0.25) is 5.91 Å². The minimum absolute atomic E-state index is 0.0872. The van der Waals surface area contributed by atoms with Crippen molar-refractivity contribution in [3.05, 3.63) is 40.9 Å². The molecule has 0 fully saturated rings. The minimum Gasteiger partial charge on any atom is -0.374 e. The molecule has 1 aromatic heterocycles. The maximum Gasteiger partial charge on any atom is 0.248 e. The van der Waals surface area contributed by atoms with Crippen LogP contribution in [-0.4, -0.2) is 16.9 Å². The molecule has 4 nitrogen and oxygen atoms in total. The molecular formula is C14H17N3OS. The SMILES string of the molecule is Cc1ccc(C)c(N[C@H](C)C(=O)Nc2nccs2)c1. The molecule has 0 aliphatic rings. The van der Waals surface area contributed by atoms with Crippen LogP contribution in [0.15, 0.2) is 29.8 Å². The van der Waals surface area contributed by atoms with Gasteiger partial charge in [0, 0.05) is 17.3 Å². The van der Waals surface area contributed by atoms with Crippen molar-refractivity contribution in [2.45, 2.75) is 26.8 Å². The van der Waals surface area contributed by atoms with Gasteiger partial charge < -0.3 is 10.6 Å². The summed E-state index contributed by atoms with van der Waals surface area (Å²) in [7, 11) is 0. The Hall–Kier alpha value is -1.88. The number of carbonyl (C=O) groups is 1. The molecule has 2 N–H and O–H groups in total. The van der Waals surface area contributed by atoms with E-state index in [1.54, 1.807) is 6.20 Å². The second-order valence-corrected chi connectivity index (χ2v) is 5.41. The van der Waals surface area contributed by atoms with Gasteiger partial charge in [-0.25, -0.2) is 4.98 Å². The predicted molar refractivity (Wildman–Crippen MR) is 79.7 cm³/mol. The third-order valence-electron chi connectivity index (χ3n) is 2.82. The Morgan fingerprint density at radius 2 is 2.16 bits per heavy atom. The number of hydrogen-bond acceptors (Lipinski definition) is 4. The zero-order valence-corrected chi connectivity index (χ0v) is 12.0. The lowest BCUT2D eigenvalue weighted by molar-refractivity contribution is -0.116. The van der Waals surface area contributed by atoms with Crippen molar-refractivity contribution in [2.24, 2.45) is 0 Å².